The van der Waals surface area contributed by atoms with E-state index in [0.717, 1.165) is 37.2 Å². The van der Waals surface area contributed by atoms with Crippen LogP contribution in [0.2, 0.25) is 5.02 Å². The number of oxime groups is 1. The number of amides is 1. The quantitative estimate of drug-likeness (QED) is 0.841. The molecule has 2 heterocycles. The van der Waals surface area contributed by atoms with Gasteiger partial charge in [0, 0.05) is 24.5 Å². The molecule has 1 aromatic carbocycles. The number of likely N-dealkylation sites (tertiary alicyclic amines) is 1. The first-order valence-electron chi connectivity index (χ1n) is 7.01. The smallest absolute Gasteiger partial charge is 0.266 e. The summed E-state index contributed by atoms with van der Waals surface area (Å²) in [5.74, 6) is 0.0670. The van der Waals surface area contributed by atoms with Gasteiger partial charge in [0.2, 0.25) is 6.10 Å². The Balaban J connectivity index is 1.63. The van der Waals surface area contributed by atoms with Crippen molar-refractivity contribution < 1.29 is 9.63 Å². The molecule has 1 amide bonds. The molecule has 0 saturated carbocycles. The monoisotopic (exact) mass is 292 g/mol. The van der Waals surface area contributed by atoms with E-state index in [0.29, 0.717) is 11.4 Å². The lowest BCUT2D eigenvalue weighted by Crippen LogP contribution is -2.42. The zero-order valence-corrected chi connectivity index (χ0v) is 12.0. The molecule has 0 radical (unpaired) electrons. The molecule has 3 rings (SSSR count). The SMILES string of the molecule is O=C([C@@H]1CC(c2ccc(Cl)cc2)=NO1)N1CCCCC1. The van der Waals surface area contributed by atoms with Crippen LogP contribution in [-0.2, 0) is 9.63 Å². The van der Waals surface area contributed by atoms with Gasteiger partial charge < -0.3 is 9.74 Å². The van der Waals surface area contributed by atoms with Gasteiger partial charge >= 0.3 is 0 Å². The second-order valence-corrected chi connectivity index (χ2v) is 5.67. The average Bonchev–Trinajstić information content (AvgIpc) is 2.98. The lowest BCUT2D eigenvalue weighted by molar-refractivity contribution is -0.143. The number of carbonyl (C=O) groups excluding carboxylic acids is 1. The Bertz CT molecular complexity index is 521. The highest BCUT2D eigenvalue weighted by molar-refractivity contribution is 6.30. The van der Waals surface area contributed by atoms with E-state index in [9.17, 15) is 4.79 Å². The molecule has 0 aromatic heterocycles. The number of hydrogen-bond acceptors (Lipinski definition) is 3. The number of carbonyl (C=O) groups is 1. The van der Waals surface area contributed by atoms with Crippen LogP contribution in [0, 0.1) is 0 Å². The molecule has 0 bridgehead atoms. The molecule has 0 spiro atoms. The van der Waals surface area contributed by atoms with Crippen LogP contribution >= 0.6 is 11.6 Å². The van der Waals surface area contributed by atoms with Gasteiger partial charge in [-0.1, -0.05) is 28.9 Å². The number of nitrogens with zero attached hydrogens (tertiary/aromatic N) is 2. The molecule has 0 N–H and O–H groups in total. The van der Waals surface area contributed by atoms with E-state index in [4.69, 9.17) is 16.4 Å². The highest BCUT2D eigenvalue weighted by Gasteiger charge is 2.32. The first-order valence-corrected chi connectivity index (χ1v) is 7.39. The molecule has 20 heavy (non-hydrogen) atoms. The Morgan fingerprint density at radius 2 is 1.90 bits per heavy atom. The van der Waals surface area contributed by atoms with Crippen molar-refractivity contribution in [3.63, 3.8) is 0 Å². The molecular formula is C15H17ClN2O2. The molecule has 106 valence electrons. The van der Waals surface area contributed by atoms with Gasteiger partial charge in [-0.25, -0.2) is 0 Å². The van der Waals surface area contributed by atoms with Gasteiger partial charge in [-0.05, 0) is 37.0 Å². The van der Waals surface area contributed by atoms with E-state index in [1.807, 2.05) is 29.2 Å². The zero-order valence-electron chi connectivity index (χ0n) is 11.2. The van der Waals surface area contributed by atoms with Crippen LogP contribution in [0.4, 0.5) is 0 Å². The Morgan fingerprint density at radius 1 is 1.20 bits per heavy atom. The summed E-state index contributed by atoms with van der Waals surface area (Å²) < 4.78 is 0. The molecule has 2 aliphatic heterocycles. The molecule has 1 atom stereocenters. The molecule has 2 aliphatic rings. The summed E-state index contributed by atoms with van der Waals surface area (Å²) in [6.07, 6.45) is 3.46. The van der Waals surface area contributed by atoms with E-state index in [2.05, 4.69) is 5.16 Å². The van der Waals surface area contributed by atoms with Gasteiger partial charge in [-0.15, -0.1) is 0 Å². The second-order valence-electron chi connectivity index (χ2n) is 5.23. The van der Waals surface area contributed by atoms with Crippen molar-refractivity contribution >= 4 is 23.2 Å². The molecule has 0 unspecified atom stereocenters. The molecular weight excluding hydrogens is 276 g/mol. The summed E-state index contributed by atoms with van der Waals surface area (Å²) in [5.41, 5.74) is 1.78. The molecule has 0 aliphatic carbocycles. The maximum absolute atomic E-state index is 12.3. The minimum Gasteiger partial charge on any atom is -0.382 e. The maximum atomic E-state index is 12.3. The van der Waals surface area contributed by atoms with Crippen LogP contribution in [0.15, 0.2) is 29.4 Å². The normalized spacial score (nSPS) is 22.4. The Kier molecular flexibility index (Phi) is 3.92. The van der Waals surface area contributed by atoms with Gasteiger partial charge in [-0.2, -0.15) is 0 Å². The summed E-state index contributed by atoms with van der Waals surface area (Å²) in [5, 5.41) is 4.75. The van der Waals surface area contributed by atoms with Crippen LogP contribution in [0.3, 0.4) is 0 Å². The van der Waals surface area contributed by atoms with Gasteiger partial charge in [0.05, 0.1) is 5.71 Å². The summed E-state index contributed by atoms with van der Waals surface area (Å²) in [6, 6.07) is 7.44. The van der Waals surface area contributed by atoms with E-state index < -0.39 is 6.10 Å². The first-order chi connectivity index (χ1) is 9.74. The number of halogens is 1. The maximum Gasteiger partial charge on any atom is 0.266 e. The summed E-state index contributed by atoms with van der Waals surface area (Å²) >= 11 is 5.87. The summed E-state index contributed by atoms with van der Waals surface area (Å²) in [4.78, 5) is 19.6. The molecule has 4 nitrogen and oxygen atoms in total. The average molecular weight is 293 g/mol. The van der Waals surface area contributed by atoms with Crippen molar-refractivity contribution in [2.24, 2.45) is 5.16 Å². The van der Waals surface area contributed by atoms with Crippen LogP contribution in [0.1, 0.15) is 31.2 Å². The third-order valence-electron chi connectivity index (χ3n) is 3.79. The van der Waals surface area contributed by atoms with Crippen molar-refractivity contribution in [1.29, 1.82) is 0 Å². The fourth-order valence-electron chi connectivity index (χ4n) is 2.64. The van der Waals surface area contributed by atoms with Crippen molar-refractivity contribution in [2.75, 3.05) is 13.1 Å². The van der Waals surface area contributed by atoms with Crippen LogP contribution < -0.4 is 0 Å². The van der Waals surface area contributed by atoms with Gasteiger partial charge in [-0.3, -0.25) is 4.79 Å². The molecule has 1 aromatic rings. The van der Waals surface area contributed by atoms with Crippen molar-refractivity contribution in [3.8, 4) is 0 Å². The van der Waals surface area contributed by atoms with Gasteiger partial charge in [0.15, 0.2) is 0 Å². The highest BCUT2D eigenvalue weighted by atomic mass is 35.5. The highest BCUT2D eigenvalue weighted by Crippen LogP contribution is 2.21. The third kappa shape index (κ3) is 2.80. The second kappa shape index (κ2) is 5.83. The van der Waals surface area contributed by atoms with Gasteiger partial charge in [0.25, 0.3) is 5.91 Å². The molecule has 5 heteroatoms. The van der Waals surface area contributed by atoms with Crippen molar-refractivity contribution in [3.05, 3.63) is 34.9 Å². The van der Waals surface area contributed by atoms with E-state index in [1.54, 1.807) is 0 Å². The number of benzene rings is 1. The predicted octanol–water partition coefficient (Wildman–Crippen LogP) is 2.85. The standard InChI is InChI=1S/C15H17ClN2O2/c16-12-6-4-11(5-7-12)13-10-14(20-17-13)15(19)18-8-2-1-3-9-18/h4-7,14H,1-3,8-10H2/t14-/m0/s1. The minimum absolute atomic E-state index is 0.0670. The van der Waals surface area contributed by atoms with E-state index >= 15 is 0 Å². The summed E-state index contributed by atoms with van der Waals surface area (Å²) in [7, 11) is 0. The van der Waals surface area contributed by atoms with Crippen molar-refractivity contribution in [1.82, 2.24) is 4.90 Å². The van der Waals surface area contributed by atoms with Crippen molar-refractivity contribution in [2.45, 2.75) is 31.8 Å². The topological polar surface area (TPSA) is 41.9 Å². The fourth-order valence-corrected chi connectivity index (χ4v) is 2.77. The largest absolute Gasteiger partial charge is 0.382 e. The summed E-state index contributed by atoms with van der Waals surface area (Å²) in [6.45, 7) is 1.68. The molecule has 1 fully saturated rings. The van der Waals surface area contributed by atoms with Crippen LogP contribution in [-0.4, -0.2) is 35.7 Å². The minimum atomic E-state index is -0.459. The van der Waals surface area contributed by atoms with Crippen LogP contribution in [0.25, 0.3) is 0 Å². The Labute approximate surface area is 123 Å². The number of hydrogen-bond donors (Lipinski definition) is 0. The number of rotatable bonds is 2. The first kappa shape index (κ1) is 13.4. The fraction of sp³-hybridized carbons (Fsp3) is 0.467. The molecule has 1 saturated heterocycles. The predicted molar refractivity (Wildman–Crippen MR) is 77.9 cm³/mol. The van der Waals surface area contributed by atoms with E-state index in [-0.39, 0.29) is 5.91 Å². The Hall–Kier alpha value is -1.55. The van der Waals surface area contributed by atoms with E-state index in [1.165, 1.54) is 6.42 Å². The third-order valence-corrected chi connectivity index (χ3v) is 4.04. The number of piperidine rings is 1. The van der Waals surface area contributed by atoms with Crippen LogP contribution in [0.5, 0.6) is 0 Å². The zero-order chi connectivity index (χ0) is 13.9. The lowest BCUT2D eigenvalue weighted by Gasteiger charge is -2.28. The lowest BCUT2D eigenvalue weighted by atomic mass is 10.0. The Morgan fingerprint density at radius 3 is 2.60 bits per heavy atom. The van der Waals surface area contributed by atoms with Gasteiger partial charge in [0.1, 0.15) is 0 Å².